The first-order valence-electron chi connectivity index (χ1n) is 10.9. The average molecular weight is 426 g/mol. The fourth-order valence-electron chi connectivity index (χ4n) is 3.97. The Bertz CT molecular complexity index is 822. The first-order chi connectivity index (χ1) is 14.8. The first kappa shape index (κ1) is 21.2. The van der Waals surface area contributed by atoms with Crippen LogP contribution in [0.5, 0.6) is 5.75 Å². The molecule has 160 valence electrons. The largest absolute Gasteiger partial charge is 0.493 e. The van der Waals surface area contributed by atoms with Gasteiger partial charge in [0, 0.05) is 50.6 Å². The summed E-state index contributed by atoms with van der Waals surface area (Å²) in [7, 11) is 0. The van der Waals surface area contributed by atoms with Gasteiger partial charge < -0.3 is 10.1 Å². The lowest BCUT2D eigenvalue weighted by Crippen LogP contribution is -2.49. The minimum Gasteiger partial charge on any atom is -0.493 e. The van der Waals surface area contributed by atoms with Crippen LogP contribution in [0.2, 0.25) is 0 Å². The molecule has 1 saturated heterocycles. The number of nitrogens with zero attached hydrogens (tertiary/aromatic N) is 2. The van der Waals surface area contributed by atoms with Gasteiger partial charge in [-0.05, 0) is 41.5 Å². The second-order valence-corrected chi connectivity index (χ2v) is 9.13. The van der Waals surface area contributed by atoms with Crippen LogP contribution in [0.3, 0.4) is 0 Å². The topological polar surface area (TPSA) is 44.8 Å². The number of fused-ring (bicyclic) bond motifs is 1. The van der Waals surface area contributed by atoms with E-state index < -0.39 is 0 Å². The molecule has 2 aromatic carbocycles. The molecule has 6 heteroatoms. The first-order valence-corrected chi connectivity index (χ1v) is 11.9. The molecule has 1 fully saturated rings. The SMILES string of the molecule is O=C(CN1CCN(Cc2ccc3c(c2)CCO3)CC1)NCCCSc1ccccc1. The molecule has 4 rings (SSSR count). The number of benzene rings is 2. The molecule has 0 bridgehead atoms. The van der Waals surface area contributed by atoms with Crippen molar-refractivity contribution in [2.24, 2.45) is 0 Å². The molecule has 2 aliphatic rings. The molecule has 0 atom stereocenters. The van der Waals surface area contributed by atoms with E-state index in [0.717, 1.165) is 70.2 Å². The van der Waals surface area contributed by atoms with Crippen LogP contribution in [0.15, 0.2) is 53.4 Å². The van der Waals surface area contributed by atoms with E-state index >= 15 is 0 Å². The number of ether oxygens (including phenoxy) is 1. The zero-order valence-electron chi connectivity index (χ0n) is 17.5. The summed E-state index contributed by atoms with van der Waals surface area (Å²) < 4.78 is 5.60. The van der Waals surface area contributed by atoms with Gasteiger partial charge in [-0.3, -0.25) is 14.6 Å². The fraction of sp³-hybridized carbons (Fsp3) is 0.458. The molecule has 2 heterocycles. The summed E-state index contributed by atoms with van der Waals surface area (Å²) in [5.74, 6) is 2.22. The molecular weight excluding hydrogens is 394 g/mol. The number of carbonyl (C=O) groups is 1. The molecule has 0 spiro atoms. The Hall–Kier alpha value is -2.02. The monoisotopic (exact) mass is 425 g/mol. The maximum Gasteiger partial charge on any atom is 0.234 e. The molecule has 0 radical (unpaired) electrons. The smallest absolute Gasteiger partial charge is 0.234 e. The van der Waals surface area contributed by atoms with E-state index in [1.807, 2.05) is 17.8 Å². The highest BCUT2D eigenvalue weighted by atomic mass is 32.2. The van der Waals surface area contributed by atoms with E-state index in [9.17, 15) is 4.79 Å². The maximum absolute atomic E-state index is 12.2. The molecule has 0 unspecified atom stereocenters. The second-order valence-electron chi connectivity index (χ2n) is 7.96. The van der Waals surface area contributed by atoms with Crippen molar-refractivity contribution in [1.29, 1.82) is 0 Å². The van der Waals surface area contributed by atoms with E-state index in [1.54, 1.807) is 0 Å². The normalized spacial score (nSPS) is 16.8. The van der Waals surface area contributed by atoms with Gasteiger partial charge in [0.2, 0.25) is 5.91 Å². The Balaban J connectivity index is 1.09. The van der Waals surface area contributed by atoms with Crippen LogP contribution in [0.4, 0.5) is 0 Å². The van der Waals surface area contributed by atoms with Gasteiger partial charge in [0.1, 0.15) is 5.75 Å². The third-order valence-electron chi connectivity index (χ3n) is 5.65. The van der Waals surface area contributed by atoms with Crippen molar-refractivity contribution in [1.82, 2.24) is 15.1 Å². The van der Waals surface area contributed by atoms with E-state index in [-0.39, 0.29) is 5.91 Å². The van der Waals surface area contributed by atoms with E-state index in [2.05, 4.69) is 57.6 Å². The van der Waals surface area contributed by atoms with E-state index in [4.69, 9.17) is 4.74 Å². The molecule has 2 aromatic rings. The summed E-state index contributed by atoms with van der Waals surface area (Å²) in [5.41, 5.74) is 2.70. The zero-order valence-corrected chi connectivity index (χ0v) is 18.3. The molecule has 5 nitrogen and oxygen atoms in total. The van der Waals surface area contributed by atoms with Crippen molar-refractivity contribution < 1.29 is 9.53 Å². The number of nitrogens with one attached hydrogen (secondary N) is 1. The van der Waals surface area contributed by atoms with Gasteiger partial charge in [-0.25, -0.2) is 0 Å². The highest BCUT2D eigenvalue weighted by Crippen LogP contribution is 2.26. The minimum absolute atomic E-state index is 0.145. The lowest BCUT2D eigenvalue weighted by Gasteiger charge is -2.34. The predicted octanol–water partition coefficient (Wildman–Crippen LogP) is 3.04. The Kier molecular flexibility index (Phi) is 7.67. The van der Waals surface area contributed by atoms with Crippen LogP contribution in [-0.2, 0) is 17.8 Å². The van der Waals surface area contributed by atoms with Crippen LogP contribution >= 0.6 is 11.8 Å². The molecule has 2 aliphatic heterocycles. The lowest BCUT2D eigenvalue weighted by atomic mass is 10.1. The van der Waals surface area contributed by atoms with Gasteiger partial charge in [0.25, 0.3) is 0 Å². The van der Waals surface area contributed by atoms with Crippen molar-refractivity contribution in [2.45, 2.75) is 24.3 Å². The number of hydrogen-bond acceptors (Lipinski definition) is 5. The summed E-state index contributed by atoms with van der Waals surface area (Å²) in [6, 6.07) is 17.0. The Morgan fingerprint density at radius 1 is 1.03 bits per heavy atom. The van der Waals surface area contributed by atoms with Gasteiger partial charge in [0.15, 0.2) is 0 Å². The van der Waals surface area contributed by atoms with Crippen LogP contribution < -0.4 is 10.1 Å². The number of piperazine rings is 1. The van der Waals surface area contributed by atoms with E-state index in [1.165, 1.54) is 16.0 Å². The highest BCUT2D eigenvalue weighted by molar-refractivity contribution is 7.99. The van der Waals surface area contributed by atoms with Crippen LogP contribution in [-0.4, -0.2) is 67.3 Å². The van der Waals surface area contributed by atoms with Crippen LogP contribution in [0.1, 0.15) is 17.5 Å². The quantitative estimate of drug-likeness (QED) is 0.494. The van der Waals surface area contributed by atoms with Crippen LogP contribution in [0.25, 0.3) is 0 Å². The maximum atomic E-state index is 12.2. The number of rotatable bonds is 9. The van der Waals surface area contributed by atoms with Crippen LogP contribution in [0, 0.1) is 0 Å². The molecule has 0 saturated carbocycles. The Morgan fingerprint density at radius 2 is 1.83 bits per heavy atom. The van der Waals surface area contributed by atoms with Crippen molar-refractivity contribution in [3.63, 3.8) is 0 Å². The third-order valence-corrected chi connectivity index (χ3v) is 6.75. The summed E-state index contributed by atoms with van der Waals surface area (Å²) in [4.78, 5) is 18.3. The molecule has 0 aromatic heterocycles. The third kappa shape index (κ3) is 6.24. The number of amides is 1. The summed E-state index contributed by atoms with van der Waals surface area (Å²) in [6.45, 7) is 6.97. The van der Waals surface area contributed by atoms with Crippen molar-refractivity contribution in [3.05, 3.63) is 59.7 Å². The Labute approximate surface area is 183 Å². The summed E-state index contributed by atoms with van der Waals surface area (Å²) in [6.07, 6.45) is 2.02. The summed E-state index contributed by atoms with van der Waals surface area (Å²) >= 11 is 1.84. The predicted molar refractivity (Wildman–Crippen MR) is 122 cm³/mol. The second kappa shape index (κ2) is 10.8. The zero-order chi connectivity index (χ0) is 20.6. The van der Waals surface area contributed by atoms with Gasteiger partial charge in [-0.2, -0.15) is 0 Å². The average Bonchev–Trinajstić information content (AvgIpc) is 3.23. The molecular formula is C24H31N3O2S. The fourth-order valence-corrected chi connectivity index (χ4v) is 4.84. The number of carbonyl (C=O) groups excluding carboxylic acids is 1. The van der Waals surface area contributed by atoms with E-state index in [0.29, 0.717) is 6.54 Å². The van der Waals surface area contributed by atoms with Crippen molar-refractivity contribution in [2.75, 3.05) is 51.6 Å². The van der Waals surface area contributed by atoms with Gasteiger partial charge >= 0.3 is 0 Å². The molecule has 0 aliphatic carbocycles. The van der Waals surface area contributed by atoms with Crippen molar-refractivity contribution >= 4 is 17.7 Å². The molecule has 1 amide bonds. The number of thioether (sulfide) groups is 1. The number of hydrogen-bond donors (Lipinski definition) is 1. The van der Waals surface area contributed by atoms with Gasteiger partial charge in [-0.15, -0.1) is 11.8 Å². The Morgan fingerprint density at radius 3 is 2.67 bits per heavy atom. The highest BCUT2D eigenvalue weighted by Gasteiger charge is 2.20. The lowest BCUT2D eigenvalue weighted by molar-refractivity contribution is -0.122. The molecule has 30 heavy (non-hydrogen) atoms. The summed E-state index contributed by atoms with van der Waals surface area (Å²) in [5, 5.41) is 3.07. The molecule has 1 N–H and O–H groups in total. The standard InChI is InChI=1S/C24H31N3O2S/c28-24(25-10-4-16-30-22-5-2-1-3-6-22)19-27-13-11-26(12-14-27)18-20-7-8-23-21(17-20)9-15-29-23/h1-3,5-8,17H,4,9-16,18-19H2,(H,25,28). The van der Waals surface area contributed by atoms with Gasteiger partial charge in [0.05, 0.1) is 13.2 Å². The minimum atomic E-state index is 0.145. The van der Waals surface area contributed by atoms with Crippen molar-refractivity contribution in [3.8, 4) is 5.75 Å². The van der Waals surface area contributed by atoms with Gasteiger partial charge in [-0.1, -0.05) is 30.3 Å².